The van der Waals surface area contributed by atoms with Gasteiger partial charge in [-0.15, -0.1) is 0 Å². The van der Waals surface area contributed by atoms with E-state index in [0.717, 1.165) is 0 Å². The topological polar surface area (TPSA) is 172 Å². The summed E-state index contributed by atoms with van der Waals surface area (Å²) >= 11 is 0. The number of phosphoric acid groups is 2. The first-order valence-electron chi connectivity index (χ1n) is 1.46. The van der Waals surface area contributed by atoms with Crippen molar-refractivity contribution >= 4 is 72.2 Å². The fourth-order valence-electron chi connectivity index (χ4n) is 0. The van der Waals surface area contributed by atoms with E-state index in [1.165, 1.54) is 0 Å². The van der Waals surface area contributed by atoms with Crippen molar-refractivity contribution in [3.63, 3.8) is 0 Å². The summed E-state index contributed by atoms with van der Waals surface area (Å²) in [6.07, 6.45) is 0. The van der Waals surface area contributed by atoms with Gasteiger partial charge in [0.2, 0.25) is 0 Å². The number of hydrogen-bond acceptors (Lipinski definition) is 8. The Labute approximate surface area is 182 Å². The van der Waals surface area contributed by atoms with Crippen LogP contribution in [0.4, 0.5) is 0 Å². The minimum absolute atomic E-state index is 0. The number of hydrogen-bond donors (Lipinski definition) is 0. The minimum Gasteiger partial charge on any atom is 2.00 e. The molecule has 0 aliphatic heterocycles. The third-order valence-corrected chi connectivity index (χ3v) is 0. The third-order valence-electron chi connectivity index (χ3n) is 0. The van der Waals surface area contributed by atoms with Crippen molar-refractivity contribution in [3.8, 4) is 0 Å². The fourth-order valence-corrected chi connectivity index (χ4v) is 0. The second kappa shape index (κ2) is 37.6. The van der Waals surface area contributed by atoms with Gasteiger partial charge in [-0.2, -0.15) is 15.6 Å². The maximum Gasteiger partial charge on any atom is 2.00 e. The molecule has 0 saturated heterocycles. The van der Waals surface area contributed by atoms with Crippen LogP contribution in [0.5, 0.6) is 0 Å². The van der Waals surface area contributed by atoms with Crippen LogP contribution < -0.4 is 29.4 Å². The Morgan fingerprint density at radius 1 is 0.474 bits per heavy atom. The zero-order valence-corrected chi connectivity index (χ0v) is 10.6. The fraction of sp³-hybridized carbons (Fsp3) is 1.00. The molecule has 0 aliphatic rings. The molecule has 0 amide bonds. The average Bonchev–Trinajstić information content (AvgIpc) is 1.12. The summed E-state index contributed by atoms with van der Waals surface area (Å²) in [4.78, 5) is 51.3. The van der Waals surface area contributed by atoms with Crippen molar-refractivity contribution < 1.29 is 89.7 Å². The van der Waals surface area contributed by atoms with E-state index in [2.05, 4.69) is 0 Å². The van der Waals surface area contributed by atoms with E-state index < -0.39 is 15.6 Å². The molecule has 0 bridgehead atoms. The van der Waals surface area contributed by atoms with E-state index in [-0.39, 0.29) is 130 Å². The van der Waals surface area contributed by atoms with E-state index in [0.29, 0.717) is 0 Å². The molecule has 0 rings (SSSR count). The van der Waals surface area contributed by atoms with Gasteiger partial charge in [0, 0.05) is 0 Å². The summed E-state index contributed by atoms with van der Waals surface area (Å²) in [5, 5.41) is 0. The van der Waals surface area contributed by atoms with Crippen LogP contribution in [-0.4, -0.2) is 56.6 Å². The molecule has 109 valence electrons. The minimum atomic E-state index is -5.39. The van der Waals surface area contributed by atoms with Gasteiger partial charge in [-0.3, -0.25) is 0 Å². The largest absolute Gasteiger partial charge is 2.00 e. The van der Waals surface area contributed by atoms with Crippen LogP contribution in [0.3, 0.4) is 0 Å². The molecule has 0 N–H and O–H groups in total. The van der Waals surface area contributed by atoms with Gasteiger partial charge >= 0.3 is 108 Å². The number of rotatable bonds is 0. The predicted molar refractivity (Wildman–Crippen MR) is 56.9 cm³/mol. The molecule has 16 heteroatoms. The first-order chi connectivity index (χ1) is 4.00. The molecule has 0 aromatic rings. The Kier molecular flexibility index (Phi) is 155. The van der Waals surface area contributed by atoms with Crippen LogP contribution in [0.2, 0.25) is 0 Å². The molecule has 0 aliphatic carbocycles. The smallest absolute Gasteiger partial charge is 2.00 e. The van der Waals surface area contributed by atoms with Crippen molar-refractivity contribution in [1.29, 1.82) is 0 Å². The van der Waals surface area contributed by atoms with Gasteiger partial charge in [0.15, 0.2) is 0 Å². The van der Waals surface area contributed by atoms with Crippen molar-refractivity contribution in [2.24, 2.45) is 0 Å². The van der Waals surface area contributed by atoms with Crippen molar-refractivity contribution in [2.45, 2.75) is 22.3 Å². The van der Waals surface area contributed by atoms with E-state index in [9.17, 15) is 0 Å². The molecule has 8 nitrogen and oxygen atoms in total. The summed E-state index contributed by atoms with van der Waals surface area (Å²) in [7, 11) is -10.8. The van der Waals surface area contributed by atoms with E-state index in [4.69, 9.17) is 38.5 Å². The predicted octanol–water partition coefficient (Wildman–Crippen LogP) is -5.69. The Balaban J connectivity index is -0.00000000508. The first-order valence-corrected chi connectivity index (χ1v) is 4.38. The van der Waals surface area contributed by atoms with Crippen LogP contribution in [0.15, 0.2) is 0 Å². The van der Waals surface area contributed by atoms with Gasteiger partial charge in [0.1, 0.15) is 0 Å². The molecular weight excluding hydrogens is 412 g/mol. The molecule has 0 spiro atoms. The second-order valence-corrected chi connectivity index (χ2v) is 2.68. The molecule has 0 atom stereocenters. The zero-order chi connectivity index (χ0) is 9.00. The normalized spacial score (nSPS) is 6.21. The van der Waals surface area contributed by atoms with E-state index in [1.807, 2.05) is 0 Å². The molecule has 0 unspecified atom stereocenters. The zero-order valence-electron chi connectivity index (χ0n) is 5.29. The Hall–Kier alpha value is 3.57. The van der Waals surface area contributed by atoms with Crippen LogP contribution in [0.25, 0.3) is 0 Å². The first kappa shape index (κ1) is 78.4. The molecule has 19 heavy (non-hydrogen) atoms. The molecule has 0 heterocycles. The third kappa shape index (κ3) is 648. The monoisotopic (exact) mass is 427 g/mol. The van der Waals surface area contributed by atoms with Crippen LogP contribution in [-0.2, 0) is 60.3 Å². The van der Waals surface area contributed by atoms with Gasteiger partial charge in [-0.05, 0) is 0 Å². The summed E-state index contributed by atoms with van der Waals surface area (Å²) in [5.74, 6) is 0. The Morgan fingerprint density at radius 2 is 0.474 bits per heavy atom. The molecular formula is C3H15Li3Mn3O8P2. The standard InChI is InChI=1S/3CH4.3Li.3Mn.2H3O4P.3H/c;;;;;;;;;2*1-5(2,3)4;;;/h3*1H4;;;;;;;2*(H3,1,2,3,4);;;/q;;;;;;3*+2;;;;;/p-6. The summed E-state index contributed by atoms with van der Waals surface area (Å²) in [6, 6.07) is 0. The van der Waals surface area contributed by atoms with E-state index >= 15 is 0 Å². The van der Waals surface area contributed by atoms with E-state index in [1.54, 1.807) is 0 Å². The molecule has 3 radical (unpaired) electrons. The van der Waals surface area contributed by atoms with Crippen LogP contribution in [0.1, 0.15) is 22.3 Å². The summed E-state index contributed by atoms with van der Waals surface area (Å²) in [5.41, 5.74) is 0. The average molecular weight is 427 g/mol. The quantitative estimate of drug-likeness (QED) is 0.272. The van der Waals surface area contributed by atoms with Gasteiger partial charge < -0.3 is 38.5 Å². The van der Waals surface area contributed by atoms with Gasteiger partial charge in [0.05, 0.1) is 0 Å². The maximum atomic E-state index is 8.55. The second-order valence-electron chi connectivity index (χ2n) is 0.894. The Morgan fingerprint density at radius 3 is 0.474 bits per heavy atom. The SMILES string of the molecule is C.C.C.O=P([O-])([O-])[O-].O=P([O-])([O-])[O-].[LiH].[LiH].[LiH].[Mn+2].[Mn+2].[Mn+2]. The van der Waals surface area contributed by atoms with Gasteiger partial charge in [-0.25, -0.2) is 0 Å². The Bertz CT molecular complexity index is 153. The van der Waals surface area contributed by atoms with Gasteiger partial charge in [0.25, 0.3) is 0 Å². The van der Waals surface area contributed by atoms with Crippen molar-refractivity contribution in [3.05, 3.63) is 0 Å². The molecule has 0 aromatic carbocycles. The van der Waals surface area contributed by atoms with Crippen LogP contribution in [0, 0.1) is 0 Å². The molecule has 0 saturated carbocycles. The summed E-state index contributed by atoms with van der Waals surface area (Å²) < 4.78 is 17.1. The van der Waals surface area contributed by atoms with Crippen molar-refractivity contribution in [1.82, 2.24) is 0 Å². The molecule has 0 fully saturated rings. The summed E-state index contributed by atoms with van der Waals surface area (Å²) in [6.45, 7) is 0. The van der Waals surface area contributed by atoms with Crippen molar-refractivity contribution in [2.75, 3.05) is 0 Å². The maximum absolute atomic E-state index is 8.55. The molecule has 0 aromatic heterocycles. The van der Waals surface area contributed by atoms with Crippen LogP contribution >= 0.6 is 15.6 Å². The van der Waals surface area contributed by atoms with Gasteiger partial charge in [-0.1, -0.05) is 22.3 Å².